The van der Waals surface area contributed by atoms with Crippen LogP contribution in [0.5, 0.6) is 5.75 Å². The molecule has 0 aliphatic heterocycles. The molecule has 0 aliphatic carbocycles. The number of halogens is 3. The summed E-state index contributed by atoms with van der Waals surface area (Å²) in [5.41, 5.74) is 2.20. The molecule has 7 heteroatoms. The molecule has 21 heavy (non-hydrogen) atoms. The fraction of sp³-hybridized carbons (Fsp3) is 0.0714. The maximum Gasteiger partial charge on any atom is 0.265 e. The second-order valence-electron chi connectivity index (χ2n) is 4.12. The number of nitrogen functional groups attached to an aromatic ring is 1. The van der Waals surface area contributed by atoms with Crippen LogP contribution in [0.25, 0.3) is 0 Å². The van der Waals surface area contributed by atoms with Crippen LogP contribution in [0, 0.1) is 11.6 Å². The minimum atomic E-state index is -0.726. The van der Waals surface area contributed by atoms with Crippen LogP contribution >= 0.6 is 11.6 Å². The Hall–Kier alpha value is -2.18. The van der Waals surface area contributed by atoms with Crippen LogP contribution in [-0.2, 0) is 6.61 Å². The van der Waals surface area contributed by atoms with Gasteiger partial charge in [0.25, 0.3) is 5.91 Å². The monoisotopic (exact) mass is 312 g/mol. The van der Waals surface area contributed by atoms with Gasteiger partial charge < -0.3 is 4.74 Å². The van der Waals surface area contributed by atoms with Crippen LogP contribution in [0.15, 0.2) is 36.4 Å². The Morgan fingerprint density at radius 3 is 2.76 bits per heavy atom. The first-order valence-electron chi connectivity index (χ1n) is 5.89. The summed E-state index contributed by atoms with van der Waals surface area (Å²) < 4.78 is 32.5. The maximum atomic E-state index is 13.7. The zero-order valence-corrected chi connectivity index (χ0v) is 11.5. The first-order valence-corrected chi connectivity index (χ1v) is 6.27. The van der Waals surface area contributed by atoms with Crippen molar-refractivity contribution in [3.05, 3.63) is 64.2 Å². The molecule has 0 bridgehead atoms. The van der Waals surface area contributed by atoms with E-state index in [0.717, 1.165) is 6.07 Å². The van der Waals surface area contributed by atoms with Crippen LogP contribution in [0.3, 0.4) is 0 Å². The van der Waals surface area contributed by atoms with Gasteiger partial charge in [-0.3, -0.25) is 10.2 Å². The highest BCUT2D eigenvalue weighted by Crippen LogP contribution is 2.25. The second kappa shape index (κ2) is 6.51. The molecule has 2 aromatic rings. The summed E-state index contributed by atoms with van der Waals surface area (Å²) in [4.78, 5) is 11.4. The predicted octanol–water partition coefficient (Wildman–Crippen LogP) is 2.80. The maximum absolute atomic E-state index is 13.7. The van der Waals surface area contributed by atoms with E-state index in [1.807, 2.05) is 5.43 Å². The molecule has 4 nitrogen and oxygen atoms in total. The van der Waals surface area contributed by atoms with Crippen molar-refractivity contribution >= 4 is 17.5 Å². The van der Waals surface area contributed by atoms with Gasteiger partial charge in [0, 0.05) is 11.1 Å². The molecule has 1 amide bonds. The Bertz CT molecular complexity index is 680. The lowest BCUT2D eigenvalue weighted by molar-refractivity contribution is 0.0953. The fourth-order valence-corrected chi connectivity index (χ4v) is 1.83. The van der Waals surface area contributed by atoms with Gasteiger partial charge in [-0.25, -0.2) is 14.6 Å². The first kappa shape index (κ1) is 15.2. The van der Waals surface area contributed by atoms with Crippen LogP contribution in [0.1, 0.15) is 15.9 Å². The molecule has 0 aliphatic rings. The molecule has 0 aromatic heterocycles. The van der Waals surface area contributed by atoms with Crippen molar-refractivity contribution in [2.24, 2.45) is 5.84 Å². The summed E-state index contributed by atoms with van der Waals surface area (Å²) in [7, 11) is 0. The number of amides is 1. The van der Waals surface area contributed by atoms with Crippen LogP contribution in [-0.4, -0.2) is 5.91 Å². The predicted molar refractivity (Wildman–Crippen MR) is 73.8 cm³/mol. The third-order valence-corrected chi connectivity index (χ3v) is 3.03. The fourth-order valence-electron chi connectivity index (χ4n) is 1.66. The lowest BCUT2D eigenvalue weighted by Gasteiger charge is -2.10. The summed E-state index contributed by atoms with van der Waals surface area (Å²) in [6, 6.07) is 7.92. The van der Waals surface area contributed by atoms with E-state index in [9.17, 15) is 13.6 Å². The highest BCUT2D eigenvalue weighted by atomic mass is 35.5. The molecule has 110 valence electrons. The molecule has 0 atom stereocenters. The highest BCUT2D eigenvalue weighted by Gasteiger charge is 2.11. The van der Waals surface area contributed by atoms with E-state index in [-0.39, 0.29) is 28.5 Å². The SMILES string of the molecule is NNC(=O)c1ccc(F)c(COc2cccc(Cl)c2F)c1. The van der Waals surface area contributed by atoms with E-state index in [1.165, 1.54) is 30.3 Å². The number of rotatable bonds is 4. The van der Waals surface area contributed by atoms with E-state index in [1.54, 1.807) is 0 Å². The molecule has 2 aromatic carbocycles. The normalized spacial score (nSPS) is 10.3. The minimum Gasteiger partial charge on any atom is -0.486 e. The topological polar surface area (TPSA) is 64.3 Å². The van der Waals surface area contributed by atoms with Crippen molar-refractivity contribution in [1.82, 2.24) is 5.43 Å². The van der Waals surface area contributed by atoms with Crippen molar-refractivity contribution in [3.63, 3.8) is 0 Å². The summed E-state index contributed by atoms with van der Waals surface area (Å²) in [5, 5.41) is -0.0933. The Balaban J connectivity index is 2.19. The van der Waals surface area contributed by atoms with E-state index in [4.69, 9.17) is 22.2 Å². The van der Waals surface area contributed by atoms with Gasteiger partial charge in [-0.05, 0) is 30.3 Å². The molecular weight excluding hydrogens is 302 g/mol. The first-order chi connectivity index (χ1) is 10.0. The molecule has 0 spiro atoms. The Labute approximate surface area is 124 Å². The van der Waals surface area contributed by atoms with E-state index >= 15 is 0 Å². The molecule has 0 fully saturated rings. The molecule has 2 rings (SSSR count). The van der Waals surface area contributed by atoms with Crippen molar-refractivity contribution in [1.29, 1.82) is 0 Å². The van der Waals surface area contributed by atoms with Gasteiger partial charge in [-0.2, -0.15) is 0 Å². The van der Waals surface area contributed by atoms with Gasteiger partial charge in [0.2, 0.25) is 0 Å². The number of benzene rings is 2. The number of hydrogen-bond acceptors (Lipinski definition) is 3. The second-order valence-corrected chi connectivity index (χ2v) is 4.53. The van der Waals surface area contributed by atoms with Crippen LogP contribution in [0.2, 0.25) is 5.02 Å². The third-order valence-electron chi connectivity index (χ3n) is 2.74. The summed E-state index contributed by atoms with van der Waals surface area (Å²) in [5.74, 6) is 3.03. The molecule has 0 heterocycles. The molecule has 0 radical (unpaired) electrons. The lowest BCUT2D eigenvalue weighted by Crippen LogP contribution is -2.30. The van der Waals surface area contributed by atoms with Gasteiger partial charge in [-0.1, -0.05) is 17.7 Å². The number of carbonyl (C=O) groups excluding carboxylic acids is 1. The highest BCUT2D eigenvalue weighted by molar-refractivity contribution is 6.30. The van der Waals surface area contributed by atoms with Gasteiger partial charge in [0.15, 0.2) is 11.6 Å². The van der Waals surface area contributed by atoms with Gasteiger partial charge in [0.05, 0.1) is 5.02 Å². The van der Waals surface area contributed by atoms with E-state index in [2.05, 4.69) is 0 Å². The lowest BCUT2D eigenvalue weighted by atomic mass is 10.1. The van der Waals surface area contributed by atoms with Gasteiger partial charge in [-0.15, -0.1) is 0 Å². The van der Waals surface area contributed by atoms with Crippen molar-refractivity contribution in [2.45, 2.75) is 6.61 Å². The van der Waals surface area contributed by atoms with Crippen molar-refractivity contribution in [3.8, 4) is 5.75 Å². The Kier molecular flexibility index (Phi) is 4.72. The molecule has 0 saturated heterocycles. The summed E-state index contributed by atoms with van der Waals surface area (Å²) in [6.07, 6.45) is 0. The average Bonchev–Trinajstić information content (AvgIpc) is 2.49. The zero-order valence-electron chi connectivity index (χ0n) is 10.7. The standard InChI is InChI=1S/C14H11ClF2N2O2/c15-10-2-1-3-12(13(10)17)21-7-9-6-8(14(20)19-18)4-5-11(9)16/h1-6H,7,18H2,(H,19,20). The zero-order chi connectivity index (χ0) is 15.4. The third kappa shape index (κ3) is 3.48. The van der Waals surface area contributed by atoms with Crippen LogP contribution < -0.4 is 16.0 Å². The molecule has 0 saturated carbocycles. The number of nitrogens with one attached hydrogen (secondary N) is 1. The van der Waals surface area contributed by atoms with Gasteiger partial charge >= 0.3 is 0 Å². The Morgan fingerprint density at radius 1 is 1.29 bits per heavy atom. The Morgan fingerprint density at radius 2 is 2.05 bits per heavy atom. The quantitative estimate of drug-likeness (QED) is 0.518. The largest absolute Gasteiger partial charge is 0.486 e. The summed E-state index contributed by atoms with van der Waals surface area (Å²) >= 11 is 5.62. The number of ether oxygens (including phenoxy) is 1. The smallest absolute Gasteiger partial charge is 0.265 e. The van der Waals surface area contributed by atoms with Crippen molar-refractivity contribution < 1.29 is 18.3 Å². The number of hydrazine groups is 1. The molecular formula is C14H11ClF2N2O2. The average molecular weight is 313 g/mol. The van der Waals surface area contributed by atoms with E-state index in [0.29, 0.717) is 0 Å². The van der Waals surface area contributed by atoms with Crippen LogP contribution in [0.4, 0.5) is 8.78 Å². The number of nitrogens with two attached hydrogens (primary N) is 1. The summed E-state index contributed by atoms with van der Waals surface area (Å²) in [6.45, 7) is -0.255. The number of hydrogen-bond donors (Lipinski definition) is 2. The van der Waals surface area contributed by atoms with E-state index < -0.39 is 17.5 Å². The van der Waals surface area contributed by atoms with Gasteiger partial charge in [0.1, 0.15) is 12.4 Å². The molecule has 0 unspecified atom stereocenters. The van der Waals surface area contributed by atoms with Crippen molar-refractivity contribution in [2.75, 3.05) is 0 Å². The number of carbonyl (C=O) groups is 1. The minimum absolute atomic E-state index is 0.0930. The molecule has 3 N–H and O–H groups in total.